The highest BCUT2D eigenvalue weighted by Gasteiger charge is 2.30. The Morgan fingerprint density at radius 1 is 1.35 bits per heavy atom. The van der Waals surface area contributed by atoms with Gasteiger partial charge in [-0.3, -0.25) is 0 Å². The first-order valence-electron chi connectivity index (χ1n) is 5.58. The predicted molar refractivity (Wildman–Crippen MR) is 78.3 cm³/mol. The lowest BCUT2D eigenvalue weighted by atomic mass is 10.3. The van der Waals surface area contributed by atoms with Crippen molar-refractivity contribution in [3.8, 4) is 0 Å². The highest BCUT2D eigenvalue weighted by molar-refractivity contribution is 14.1. The molecule has 0 aliphatic heterocycles. The minimum Gasteiger partial charge on any atom is -0.333 e. The molecule has 2 aromatic rings. The van der Waals surface area contributed by atoms with Crippen molar-refractivity contribution in [2.24, 2.45) is 0 Å². The number of hydrogen-bond acceptors (Lipinski definition) is 4. The second-order valence-electron chi connectivity index (χ2n) is 4.19. The third kappa shape index (κ3) is 2.77. The quantitative estimate of drug-likeness (QED) is 0.787. The van der Waals surface area contributed by atoms with Crippen LogP contribution in [0.25, 0.3) is 0 Å². The zero-order chi connectivity index (χ0) is 11.7. The number of aromatic nitrogens is 2. The van der Waals surface area contributed by atoms with E-state index in [-0.39, 0.29) is 0 Å². The molecule has 0 unspecified atom stereocenters. The Morgan fingerprint density at radius 2 is 2.12 bits per heavy atom. The van der Waals surface area contributed by atoms with Gasteiger partial charge in [0.05, 0.1) is 0 Å². The van der Waals surface area contributed by atoms with Crippen molar-refractivity contribution in [1.82, 2.24) is 9.97 Å². The fourth-order valence-electron chi connectivity index (χ4n) is 1.78. The molecule has 0 aromatic carbocycles. The summed E-state index contributed by atoms with van der Waals surface area (Å²) >= 11 is 3.98. The molecular weight excluding hydrogens is 345 g/mol. The summed E-state index contributed by atoms with van der Waals surface area (Å²) in [5.41, 5.74) is 1.35. The van der Waals surface area contributed by atoms with E-state index in [1.54, 1.807) is 11.3 Å². The predicted octanol–water partition coefficient (Wildman–Crippen LogP) is 3.31. The van der Waals surface area contributed by atoms with Gasteiger partial charge in [-0.2, -0.15) is 11.3 Å². The van der Waals surface area contributed by atoms with Crippen LogP contribution < -0.4 is 4.90 Å². The van der Waals surface area contributed by atoms with Crippen LogP contribution >= 0.6 is 33.9 Å². The largest absolute Gasteiger partial charge is 0.333 e. The van der Waals surface area contributed by atoms with Crippen LogP contribution in [0.3, 0.4) is 0 Å². The molecule has 0 atom stereocenters. The summed E-state index contributed by atoms with van der Waals surface area (Å²) in [5.74, 6) is 0.860. The van der Waals surface area contributed by atoms with Crippen LogP contribution in [-0.4, -0.2) is 16.0 Å². The zero-order valence-electron chi connectivity index (χ0n) is 9.21. The maximum atomic E-state index is 4.43. The van der Waals surface area contributed by atoms with E-state index in [9.17, 15) is 0 Å². The van der Waals surface area contributed by atoms with Crippen LogP contribution in [0.5, 0.6) is 0 Å². The van der Waals surface area contributed by atoms with Crippen LogP contribution in [-0.2, 0) is 6.54 Å². The fraction of sp³-hybridized carbons (Fsp3) is 0.333. The van der Waals surface area contributed by atoms with Gasteiger partial charge in [-0.15, -0.1) is 0 Å². The van der Waals surface area contributed by atoms with E-state index in [0.29, 0.717) is 6.04 Å². The van der Waals surface area contributed by atoms with Gasteiger partial charge in [0.15, 0.2) is 0 Å². The van der Waals surface area contributed by atoms with Crippen molar-refractivity contribution >= 4 is 39.9 Å². The summed E-state index contributed by atoms with van der Waals surface area (Å²) in [6.07, 6.45) is 6.29. The molecule has 1 aliphatic rings. The van der Waals surface area contributed by atoms with Gasteiger partial charge in [0.25, 0.3) is 0 Å². The molecule has 0 spiro atoms. The molecular formula is C12H12IN3S. The third-order valence-electron chi connectivity index (χ3n) is 2.78. The second-order valence-corrected chi connectivity index (χ2v) is 6.22. The van der Waals surface area contributed by atoms with E-state index in [0.717, 1.165) is 16.1 Å². The van der Waals surface area contributed by atoms with Crippen LogP contribution in [0.15, 0.2) is 29.2 Å². The molecule has 3 rings (SSSR count). The Labute approximate surface area is 118 Å². The highest BCUT2D eigenvalue weighted by atomic mass is 127. The van der Waals surface area contributed by atoms with E-state index < -0.39 is 0 Å². The molecule has 2 heterocycles. The Kier molecular flexibility index (Phi) is 3.28. The SMILES string of the molecule is Ic1cnc(N(Cc2ccsc2)C2CC2)nc1. The molecule has 0 radical (unpaired) electrons. The lowest BCUT2D eigenvalue weighted by Gasteiger charge is -2.21. The van der Waals surface area contributed by atoms with Crippen LogP contribution in [0, 0.1) is 3.57 Å². The zero-order valence-corrected chi connectivity index (χ0v) is 12.2. The van der Waals surface area contributed by atoms with Crippen molar-refractivity contribution < 1.29 is 0 Å². The van der Waals surface area contributed by atoms with Gasteiger partial charge < -0.3 is 4.90 Å². The normalized spacial score (nSPS) is 14.9. The second kappa shape index (κ2) is 4.89. The Hall–Kier alpha value is -0.690. The van der Waals surface area contributed by atoms with Crippen molar-refractivity contribution in [3.05, 3.63) is 38.4 Å². The number of thiophene rings is 1. The van der Waals surface area contributed by atoms with Crippen LogP contribution in [0.4, 0.5) is 5.95 Å². The molecule has 0 bridgehead atoms. The van der Waals surface area contributed by atoms with Gasteiger partial charge in [-0.05, 0) is 57.8 Å². The van der Waals surface area contributed by atoms with E-state index in [2.05, 4.69) is 54.3 Å². The number of nitrogens with zero attached hydrogens (tertiary/aromatic N) is 3. The summed E-state index contributed by atoms with van der Waals surface area (Å²) in [5, 5.41) is 4.32. The number of hydrogen-bond donors (Lipinski definition) is 0. The summed E-state index contributed by atoms with van der Waals surface area (Å²) in [6.45, 7) is 0.925. The fourth-order valence-corrected chi connectivity index (χ4v) is 2.72. The first kappa shape index (κ1) is 11.4. The highest BCUT2D eigenvalue weighted by Crippen LogP contribution is 2.31. The molecule has 0 amide bonds. The number of halogens is 1. The average molecular weight is 357 g/mol. The van der Waals surface area contributed by atoms with Gasteiger partial charge in [-0.25, -0.2) is 9.97 Å². The van der Waals surface area contributed by atoms with Crippen molar-refractivity contribution in [2.75, 3.05) is 4.90 Å². The van der Waals surface area contributed by atoms with E-state index >= 15 is 0 Å². The summed E-state index contributed by atoms with van der Waals surface area (Å²) < 4.78 is 1.08. The lowest BCUT2D eigenvalue weighted by molar-refractivity contribution is 0.759. The van der Waals surface area contributed by atoms with Gasteiger partial charge >= 0.3 is 0 Å². The molecule has 3 nitrogen and oxygen atoms in total. The molecule has 0 N–H and O–H groups in total. The van der Waals surface area contributed by atoms with Crippen molar-refractivity contribution in [2.45, 2.75) is 25.4 Å². The standard InChI is InChI=1S/C12H12IN3S/c13-10-5-14-12(15-6-10)16(11-1-2-11)7-9-3-4-17-8-9/h3-6,8,11H,1-2,7H2. The molecule has 5 heteroatoms. The summed E-state index contributed by atoms with van der Waals surface area (Å²) in [7, 11) is 0. The third-order valence-corrected chi connectivity index (χ3v) is 4.07. The van der Waals surface area contributed by atoms with Crippen molar-refractivity contribution in [1.29, 1.82) is 0 Å². The van der Waals surface area contributed by atoms with Crippen molar-refractivity contribution in [3.63, 3.8) is 0 Å². The number of anilines is 1. The maximum Gasteiger partial charge on any atom is 0.225 e. The topological polar surface area (TPSA) is 29.0 Å². The maximum absolute atomic E-state index is 4.43. The van der Waals surface area contributed by atoms with E-state index in [4.69, 9.17) is 0 Å². The van der Waals surface area contributed by atoms with E-state index in [1.165, 1.54) is 18.4 Å². The molecule has 88 valence electrons. The van der Waals surface area contributed by atoms with Gasteiger partial charge in [0.2, 0.25) is 5.95 Å². The Morgan fingerprint density at radius 3 is 2.71 bits per heavy atom. The molecule has 2 aromatic heterocycles. The molecule has 1 fully saturated rings. The van der Waals surface area contributed by atoms with Crippen LogP contribution in [0.1, 0.15) is 18.4 Å². The first-order valence-corrected chi connectivity index (χ1v) is 7.60. The van der Waals surface area contributed by atoms with E-state index in [1.807, 2.05) is 12.4 Å². The molecule has 1 saturated carbocycles. The number of rotatable bonds is 4. The minimum absolute atomic E-state index is 0.634. The molecule has 1 aliphatic carbocycles. The monoisotopic (exact) mass is 357 g/mol. The minimum atomic E-state index is 0.634. The first-order chi connectivity index (χ1) is 8.33. The summed E-state index contributed by atoms with van der Waals surface area (Å²) in [4.78, 5) is 11.2. The molecule has 0 saturated heterocycles. The average Bonchev–Trinajstić information content (AvgIpc) is 3.05. The smallest absolute Gasteiger partial charge is 0.225 e. The lowest BCUT2D eigenvalue weighted by Crippen LogP contribution is -2.26. The van der Waals surface area contributed by atoms with Gasteiger partial charge in [0.1, 0.15) is 0 Å². The Bertz CT molecular complexity index is 479. The molecule has 17 heavy (non-hydrogen) atoms. The van der Waals surface area contributed by atoms with Gasteiger partial charge in [-0.1, -0.05) is 0 Å². The Balaban J connectivity index is 1.82. The summed E-state index contributed by atoms with van der Waals surface area (Å²) in [6, 6.07) is 2.81. The van der Waals surface area contributed by atoms with Gasteiger partial charge in [0, 0.05) is 28.6 Å². The van der Waals surface area contributed by atoms with Crippen LogP contribution in [0.2, 0.25) is 0 Å².